The number of carbonyl (C=O) groups is 2. The Kier molecular flexibility index (Phi) is 8.09. The third kappa shape index (κ3) is 5.35. The molecule has 0 radical (unpaired) electrons. The van der Waals surface area contributed by atoms with E-state index in [1.54, 1.807) is 54.3 Å². The zero-order chi connectivity index (χ0) is 27.8. The van der Waals surface area contributed by atoms with Crippen LogP contribution in [0.5, 0.6) is 0 Å². The Hall–Kier alpha value is -2.42. The minimum Gasteiger partial charge on any atom is -0.466 e. The van der Waals surface area contributed by atoms with Gasteiger partial charge in [-0.1, -0.05) is 69.5 Å². The highest BCUT2D eigenvalue weighted by atomic mass is 79.9. The fourth-order valence-electron chi connectivity index (χ4n) is 5.16. The molecule has 1 N–H and O–H groups in total. The van der Waals surface area contributed by atoms with Gasteiger partial charge in [0.05, 0.1) is 32.3 Å². The van der Waals surface area contributed by atoms with Crippen molar-refractivity contribution < 1.29 is 24.2 Å². The molecule has 0 spiro atoms. The first-order valence-corrected chi connectivity index (χ1v) is 14.3. The topological polar surface area (TPSA) is 76.1 Å². The summed E-state index contributed by atoms with van der Waals surface area (Å²) in [6, 6.07) is 19.0. The maximum Gasteiger partial charge on any atom is 0.308 e. The van der Waals surface area contributed by atoms with Gasteiger partial charge in [-0.2, -0.15) is 0 Å². The lowest BCUT2D eigenvalue weighted by molar-refractivity contribution is -0.154. The molecule has 3 aromatic rings. The van der Waals surface area contributed by atoms with Crippen molar-refractivity contribution in [2.75, 3.05) is 19.8 Å². The van der Waals surface area contributed by atoms with Crippen LogP contribution in [-0.4, -0.2) is 41.7 Å². The molecule has 204 valence electrons. The molecule has 0 aromatic heterocycles. The summed E-state index contributed by atoms with van der Waals surface area (Å²) in [5.74, 6) is -0.735. The molecule has 6 nitrogen and oxygen atoms in total. The highest BCUT2D eigenvalue weighted by Crippen LogP contribution is 2.54. The molecule has 2 atom stereocenters. The van der Waals surface area contributed by atoms with Crippen molar-refractivity contribution in [2.45, 2.75) is 38.0 Å². The van der Waals surface area contributed by atoms with Crippen LogP contribution < -0.4 is 0 Å². The fourth-order valence-corrected chi connectivity index (χ4v) is 5.77. The molecule has 1 heterocycles. The normalized spacial score (nSPS) is 20.0. The summed E-state index contributed by atoms with van der Waals surface area (Å²) in [5.41, 5.74) is 0.712. The van der Waals surface area contributed by atoms with E-state index in [1.807, 2.05) is 24.3 Å². The van der Waals surface area contributed by atoms with E-state index in [4.69, 9.17) is 32.7 Å². The number of halogens is 3. The zero-order valence-electron chi connectivity index (χ0n) is 21.3. The number of fused-ring (bicyclic) bond motifs is 1. The van der Waals surface area contributed by atoms with Crippen molar-refractivity contribution in [2.24, 2.45) is 5.41 Å². The van der Waals surface area contributed by atoms with Crippen LogP contribution in [0.15, 0.2) is 71.2 Å². The SMILES string of the molecule is CCOC(=O)CC(c1ccc(Cl)cc1)N1C(=O)c2cc(Br)ccc2C1(OCC1(CO)CC1)c1ccc(Cl)cc1. The van der Waals surface area contributed by atoms with E-state index in [9.17, 15) is 14.7 Å². The van der Waals surface area contributed by atoms with E-state index >= 15 is 0 Å². The van der Waals surface area contributed by atoms with Crippen LogP contribution in [0.4, 0.5) is 0 Å². The molecule has 5 rings (SSSR count). The van der Waals surface area contributed by atoms with E-state index in [0.717, 1.165) is 17.3 Å². The second-order valence-electron chi connectivity index (χ2n) is 10.0. The first kappa shape index (κ1) is 28.1. The van der Waals surface area contributed by atoms with Crippen LogP contribution in [0.1, 0.15) is 59.3 Å². The number of benzene rings is 3. The van der Waals surface area contributed by atoms with Crippen LogP contribution in [0.3, 0.4) is 0 Å². The quantitative estimate of drug-likeness (QED) is 0.246. The molecule has 39 heavy (non-hydrogen) atoms. The second kappa shape index (κ2) is 11.2. The van der Waals surface area contributed by atoms with Gasteiger partial charge in [-0.25, -0.2) is 0 Å². The first-order chi connectivity index (χ1) is 18.7. The Balaban J connectivity index is 1.75. The number of aliphatic hydroxyl groups is 1. The standard InChI is InChI=1S/C30H28BrCl2NO5/c1-2-38-27(36)16-26(19-3-8-22(32)9-4-19)34-28(37)24-15-21(31)7-12-25(24)30(34,20-5-10-23(33)11-6-20)39-18-29(17-35)13-14-29/h3-12,15,26,35H,2,13-14,16-18H2,1H3. The molecule has 1 aliphatic heterocycles. The summed E-state index contributed by atoms with van der Waals surface area (Å²) >= 11 is 16.0. The molecule has 2 unspecified atom stereocenters. The lowest BCUT2D eigenvalue weighted by Crippen LogP contribution is -2.50. The Labute approximate surface area is 245 Å². The van der Waals surface area contributed by atoms with Crippen molar-refractivity contribution in [3.05, 3.63) is 104 Å². The van der Waals surface area contributed by atoms with E-state index in [-0.39, 0.29) is 37.6 Å². The maximum atomic E-state index is 14.4. The molecular formula is C30H28BrCl2NO5. The number of hydrogen-bond acceptors (Lipinski definition) is 5. The third-order valence-electron chi connectivity index (χ3n) is 7.48. The zero-order valence-corrected chi connectivity index (χ0v) is 24.4. The number of ether oxygens (including phenoxy) is 2. The molecular weight excluding hydrogens is 605 g/mol. The predicted octanol–water partition coefficient (Wildman–Crippen LogP) is 6.90. The number of aliphatic hydroxyl groups excluding tert-OH is 1. The lowest BCUT2D eigenvalue weighted by Gasteiger charge is -2.44. The first-order valence-electron chi connectivity index (χ1n) is 12.8. The summed E-state index contributed by atoms with van der Waals surface area (Å²) < 4.78 is 12.9. The van der Waals surface area contributed by atoms with Crippen LogP contribution >= 0.6 is 39.1 Å². The van der Waals surface area contributed by atoms with E-state index < -0.39 is 17.7 Å². The lowest BCUT2D eigenvalue weighted by atomic mass is 9.91. The Bertz CT molecular complexity index is 1380. The molecule has 3 aromatic carbocycles. The van der Waals surface area contributed by atoms with Gasteiger partial charge in [0.1, 0.15) is 0 Å². The van der Waals surface area contributed by atoms with Crippen molar-refractivity contribution in [1.82, 2.24) is 4.90 Å². The molecule has 9 heteroatoms. The summed E-state index contributed by atoms with van der Waals surface area (Å²) in [5, 5.41) is 11.2. The molecule has 1 aliphatic carbocycles. The highest BCUT2D eigenvalue weighted by molar-refractivity contribution is 9.10. The van der Waals surface area contributed by atoms with Gasteiger partial charge in [-0.3, -0.25) is 14.5 Å². The van der Waals surface area contributed by atoms with Crippen LogP contribution in [0.2, 0.25) is 10.0 Å². The van der Waals surface area contributed by atoms with Crippen molar-refractivity contribution in [1.29, 1.82) is 0 Å². The summed E-state index contributed by atoms with van der Waals surface area (Å²) in [6.07, 6.45) is 1.55. The van der Waals surface area contributed by atoms with E-state index in [2.05, 4.69) is 15.9 Å². The minimum absolute atomic E-state index is 0.0196. The molecule has 1 amide bonds. The van der Waals surface area contributed by atoms with Crippen LogP contribution in [-0.2, 0) is 20.0 Å². The van der Waals surface area contributed by atoms with Gasteiger partial charge in [0, 0.05) is 36.6 Å². The van der Waals surface area contributed by atoms with Gasteiger partial charge in [0.15, 0.2) is 5.72 Å². The largest absolute Gasteiger partial charge is 0.466 e. The molecule has 1 saturated carbocycles. The maximum absolute atomic E-state index is 14.4. The summed E-state index contributed by atoms with van der Waals surface area (Å²) in [6.45, 7) is 2.16. The Morgan fingerprint density at radius 2 is 1.69 bits per heavy atom. The number of rotatable bonds is 10. The number of hydrogen-bond donors (Lipinski definition) is 1. The van der Waals surface area contributed by atoms with Crippen LogP contribution in [0, 0.1) is 5.41 Å². The molecule has 2 aliphatic rings. The molecule has 0 bridgehead atoms. The molecule has 0 saturated heterocycles. The summed E-state index contributed by atoms with van der Waals surface area (Å²) in [7, 11) is 0. The predicted molar refractivity (Wildman–Crippen MR) is 153 cm³/mol. The fraction of sp³-hybridized carbons (Fsp3) is 0.333. The van der Waals surface area contributed by atoms with Gasteiger partial charge in [0.25, 0.3) is 5.91 Å². The van der Waals surface area contributed by atoms with Gasteiger partial charge in [-0.15, -0.1) is 0 Å². The number of carbonyl (C=O) groups excluding carboxylic acids is 2. The Morgan fingerprint density at radius 1 is 1.05 bits per heavy atom. The van der Waals surface area contributed by atoms with Gasteiger partial charge < -0.3 is 14.6 Å². The van der Waals surface area contributed by atoms with Gasteiger partial charge in [0.2, 0.25) is 0 Å². The summed E-state index contributed by atoms with van der Waals surface area (Å²) in [4.78, 5) is 29.0. The smallest absolute Gasteiger partial charge is 0.308 e. The van der Waals surface area contributed by atoms with Crippen molar-refractivity contribution >= 4 is 51.0 Å². The number of esters is 1. The van der Waals surface area contributed by atoms with Crippen LogP contribution in [0.25, 0.3) is 0 Å². The monoisotopic (exact) mass is 631 g/mol. The van der Waals surface area contributed by atoms with Gasteiger partial charge >= 0.3 is 5.97 Å². The third-order valence-corrected chi connectivity index (χ3v) is 8.48. The second-order valence-corrected chi connectivity index (χ2v) is 11.8. The number of amides is 1. The highest BCUT2D eigenvalue weighted by Gasteiger charge is 2.57. The Morgan fingerprint density at radius 3 is 2.28 bits per heavy atom. The minimum atomic E-state index is -1.40. The van der Waals surface area contributed by atoms with Gasteiger partial charge in [-0.05, 0) is 61.7 Å². The van der Waals surface area contributed by atoms with E-state index in [0.29, 0.717) is 32.3 Å². The van der Waals surface area contributed by atoms with Crippen molar-refractivity contribution in [3.63, 3.8) is 0 Å². The van der Waals surface area contributed by atoms with E-state index in [1.165, 1.54) is 0 Å². The average molecular weight is 633 g/mol. The number of nitrogens with zero attached hydrogens (tertiary/aromatic N) is 1. The van der Waals surface area contributed by atoms with Crippen molar-refractivity contribution in [3.8, 4) is 0 Å². The molecule has 1 fully saturated rings. The average Bonchev–Trinajstić information content (AvgIpc) is 3.67.